The number of nitrogen functional groups attached to an aromatic ring is 1. The van der Waals surface area contributed by atoms with E-state index in [1.165, 1.54) is 6.20 Å². The SMILES string of the molecule is NC=C(Br)C=Nc1cccnc1N. The molecule has 0 saturated carbocycles. The highest BCUT2D eigenvalue weighted by atomic mass is 79.9. The van der Waals surface area contributed by atoms with Crippen LogP contribution in [0.15, 0.2) is 34.0 Å². The number of hydrogen-bond acceptors (Lipinski definition) is 4. The Bertz CT molecular complexity index is 346. The van der Waals surface area contributed by atoms with Gasteiger partial charge in [-0.05, 0) is 28.1 Å². The lowest BCUT2D eigenvalue weighted by Crippen LogP contribution is -1.89. The first kappa shape index (κ1) is 9.73. The molecule has 0 aliphatic carbocycles. The van der Waals surface area contributed by atoms with Gasteiger partial charge in [0.15, 0.2) is 0 Å². The second-order valence-corrected chi connectivity index (χ2v) is 3.13. The molecular formula is C8H9BrN4. The van der Waals surface area contributed by atoms with Crippen LogP contribution in [0.3, 0.4) is 0 Å². The van der Waals surface area contributed by atoms with E-state index in [2.05, 4.69) is 25.9 Å². The van der Waals surface area contributed by atoms with E-state index in [0.717, 1.165) is 0 Å². The third-order valence-corrected chi connectivity index (χ3v) is 1.77. The normalized spacial score (nSPS) is 12.2. The summed E-state index contributed by atoms with van der Waals surface area (Å²) in [5.74, 6) is 0.399. The number of aliphatic imine (C=N–C) groups is 1. The molecule has 0 bridgehead atoms. The molecular weight excluding hydrogens is 232 g/mol. The molecule has 0 aliphatic rings. The molecule has 0 radical (unpaired) electrons. The number of nitrogens with zero attached hydrogens (tertiary/aromatic N) is 2. The Balaban J connectivity index is 2.86. The Morgan fingerprint density at radius 3 is 3.00 bits per heavy atom. The maximum absolute atomic E-state index is 5.56. The van der Waals surface area contributed by atoms with Crippen LogP contribution in [-0.2, 0) is 0 Å². The Kier molecular flexibility index (Phi) is 3.45. The van der Waals surface area contributed by atoms with Gasteiger partial charge in [0.05, 0.1) is 4.48 Å². The molecule has 68 valence electrons. The highest BCUT2D eigenvalue weighted by molar-refractivity contribution is 9.12. The first-order chi connectivity index (χ1) is 6.24. The van der Waals surface area contributed by atoms with E-state index >= 15 is 0 Å². The van der Waals surface area contributed by atoms with Crippen LogP contribution >= 0.6 is 15.9 Å². The van der Waals surface area contributed by atoms with Crippen molar-refractivity contribution in [3.63, 3.8) is 0 Å². The summed E-state index contributed by atoms with van der Waals surface area (Å²) in [5, 5.41) is 0. The molecule has 13 heavy (non-hydrogen) atoms. The fourth-order valence-corrected chi connectivity index (χ4v) is 0.795. The molecule has 1 aromatic rings. The zero-order chi connectivity index (χ0) is 9.68. The minimum Gasteiger partial charge on any atom is -0.404 e. The fourth-order valence-electron chi connectivity index (χ4n) is 0.692. The predicted octanol–water partition coefficient (Wildman–Crippen LogP) is 1.56. The molecule has 5 heteroatoms. The highest BCUT2D eigenvalue weighted by Crippen LogP contribution is 2.17. The van der Waals surface area contributed by atoms with Crippen LogP contribution in [0, 0.1) is 0 Å². The quantitative estimate of drug-likeness (QED) is 0.771. The van der Waals surface area contributed by atoms with Gasteiger partial charge in [0, 0.05) is 18.6 Å². The van der Waals surface area contributed by atoms with E-state index in [1.807, 2.05) is 0 Å². The third kappa shape index (κ3) is 2.87. The number of nitrogens with two attached hydrogens (primary N) is 2. The zero-order valence-corrected chi connectivity index (χ0v) is 8.40. The maximum Gasteiger partial charge on any atom is 0.149 e. The molecule has 1 heterocycles. The van der Waals surface area contributed by atoms with Crippen LogP contribution in [0.2, 0.25) is 0 Å². The van der Waals surface area contributed by atoms with Crippen molar-refractivity contribution < 1.29 is 0 Å². The van der Waals surface area contributed by atoms with Crippen molar-refractivity contribution in [1.82, 2.24) is 4.98 Å². The number of aromatic nitrogens is 1. The van der Waals surface area contributed by atoms with E-state index < -0.39 is 0 Å². The summed E-state index contributed by atoms with van der Waals surface area (Å²) in [4.78, 5) is 7.95. The third-order valence-electron chi connectivity index (χ3n) is 1.30. The minimum absolute atomic E-state index is 0.399. The number of halogens is 1. The Morgan fingerprint density at radius 2 is 2.38 bits per heavy atom. The van der Waals surface area contributed by atoms with Crippen molar-refractivity contribution in [2.75, 3.05) is 5.73 Å². The Labute approximate surface area is 84.5 Å². The summed E-state index contributed by atoms with van der Waals surface area (Å²) in [6.45, 7) is 0. The number of anilines is 1. The summed E-state index contributed by atoms with van der Waals surface area (Å²) in [7, 11) is 0. The zero-order valence-electron chi connectivity index (χ0n) is 6.81. The average Bonchev–Trinajstić information content (AvgIpc) is 2.16. The van der Waals surface area contributed by atoms with E-state index in [1.54, 1.807) is 24.5 Å². The van der Waals surface area contributed by atoms with Gasteiger partial charge in [0.2, 0.25) is 0 Å². The second-order valence-electron chi connectivity index (χ2n) is 2.22. The smallest absolute Gasteiger partial charge is 0.149 e. The molecule has 0 unspecified atom stereocenters. The van der Waals surface area contributed by atoms with Crippen LogP contribution < -0.4 is 11.5 Å². The van der Waals surface area contributed by atoms with E-state index in [9.17, 15) is 0 Å². The summed E-state index contributed by atoms with van der Waals surface area (Å²) in [5.41, 5.74) is 11.4. The van der Waals surface area contributed by atoms with Gasteiger partial charge in [-0.25, -0.2) is 4.98 Å². The van der Waals surface area contributed by atoms with Gasteiger partial charge >= 0.3 is 0 Å². The summed E-state index contributed by atoms with van der Waals surface area (Å²) < 4.78 is 0.691. The van der Waals surface area contributed by atoms with Crippen molar-refractivity contribution in [1.29, 1.82) is 0 Å². The second kappa shape index (κ2) is 4.61. The number of allylic oxidation sites excluding steroid dienone is 1. The molecule has 4 nitrogen and oxygen atoms in total. The lowest BCUT2D eigenvalue weighted by molar-refractivity contribution is 1.32. The molecule has 0 saturated heterocycles. The van der Waals surface area contributed by atoms with Crippen LogP contribution in [0.25, 0.3) is 0 Å². The van der Waals surface area contributed by atoms with Crippen molar-refractivity contribution in [2.45, 2.75) is 0 Å². The van der Waals surface area contributed by atoms with Gasteiger partial charge in [-0.3, -0.25) is 4.99 Å². The largest absolute Gasteiger partial charge is 0.404 e. The van der Waals surface area contributed by atoms with Crippen molar-refractivity contribution in [2.24, 2.45) is 10.7 Å². The van der Waals surface area contributed by atoms with Gasteiger partial charge in [-0.2, -0.15) is 0 Å². The van der Waals surface area contributed by atoms with E-state index in [4.69, 9.17) is 11.5 Å². The highest BCUT2D eigenvalue weighted by Gasteiger charge is 1.93. The molecule has 0 atom stereocenters. The van der Waals surface area contributed by atoms with Crippen LogP contribution in [0.1, 0.15) is 0 Å². The van der Waals surface area contributed by atoms with Gasteiger partial charge in [-0.1, -0.05) is 0 Å². The molecule has 0 fully saturated rings. The van der Waals surface area contributed by atoms with Crippen molar-refractivity contribution in [3.05, 3.63) is 29.0 Å². The molecule has 0 aromatic carbocycles. The molecule has 0 amide bonds. The summed E-state index contributed by atoms with van der Waals surface area (Å²) in [6.07, 6.45) is 4.58. The minimum atomic E-state index is 0.399. The van der Waals surface area contributed by atoms with E-state index in [0.29, 0.717) is 16.0 Å². The van der Waals surface area contributed by atoms with Crippen molar-refractivity contribution >= 4 is 33.6 Å². The Hall–Kier alpha value is -1.36. The molecule has 0 aliphatic heterocycles. The van der Waals surface area contributed by atoms with Crippen LogP contribution in [0.4, 0.5) is 11.5 Å². The van der Waals surface area contributed by atoms with Gasteiger partial charge in [0.25, 0.3) is 0 Å². The summed E-state index contributed by atoms with van der Waals surface area (Å²) >= 11 is 3.18. The standard InChI is InChI=1S/C8H9BrN4/c9-6(4-10)5-13-7-2-1-3-12-8(7)11/h1-5H,10H2,(H2,11,12). The van der Waals surface area contributed by atoms with Gasteiger partial charge in [0.1, 0.15) is 11.5 Å². The monoisotopic (exact) mass is 240 g/mol. The average molecular weight is 241 g/mol. The first-order valence-electron chi connectivity index (χ1n) is 3.56. The van der Waals surface area contributed by atoms with Crippen LogP contribution in [-0.4, -0.2) is 11.2 Å². The molecule has 1 aromatic heterocycles. The van der Waals surface area contributed by atoms with E-state index in [-0.39, 0.29) is 0 Å². The summed E-state index contributed by atoms with van der Waals surface area (Å²) in [6, 6.07) is 3.54. The fraction of sp³-hybridized carbons (Fsp3) is 0. The lowest BCUT2D eigenvalue weighted by atomic mass is 10.4. The maximum atomic E-state index is 5.56. The number of hydrogen-bond donors (Lipinski definition) is 2. The first-order valence-corrected chi connectivity index (χ1v) is 4.35. The topological polar surface area (TPSA) is 77.3 Å². The predicted molar refractivity (Wildman–Crippen MR) is 58.0 cm³/mol. The number of rotatable bonds is 2. The van der Waals surface area contributed by atoms with Crippen molar-refractivity contribution in [3.8, 4) is 0 Å². The molecule has 1 rings (SSSR count). The van der Waals surface area contributed by atoms with Gasteiger partial charge < -0.3 is 11.5 Å². The Morgan fingerprint density at radius 1 is 1.62 bits per heavy atom. The van der Waals surface area contributed by atoms with Crippen LogP contribution in [0.5, 0.6) is 0 Å². The molecule has 0 spiro atoms. The molecule has 4 N–H and O–H groups in total. The van der Waals surface area contributed by atoms with Gasteiger partial charge in [-0.15, -0.1) is 0 Å². The number of pyridine rings is 1. The lowest BCUT2D eigenvalue weighted by Gasteiger charge is -1.95.